The fourth-order valence-electron chi connectivity index (χ4n) is 2.04. The highest BCUT2D eigenvalue weighted by atomic mass is 35.5. The van der Waals surface area contributed by atoms with Crippen molar-refractivity contribution < 1.29 is 4.79 Å². The van der Waals surface area contributed by atoms with Crippen LogP contribution >= 0.6 is 11.6 Å². The smallest absolute Gasteiger partial charge is 0.250 e. The van der Waals surface area contributed by atoms with Gasteiger partial charge in [-0.25, -0.2) is 0 Å². The maximum absolute atomic E-state index is 11.5. The van der Waals surface area contributed by atoms with E-state index >= 15 is 0 Å². The summed E-state index contributed by atoms with van der Waals surface area (Å²) in [6.45, 7) is 4.26. The average Bonchev–Trinajstić information content (AvgIpc) is 2.41. The third-order valence-electron chi connectivity index (χ3n) is 3.22. The van der Waals surface area contributed by atoms with E-state index in [1.54, 1.807) is 6.07 Å². The fourth-order valence-corrected chi connectivity index (χ4v) is 2.32. The lowest BCUT2D eigenvalue weighted by Crippen LogP contribution is -2.14. The molecular formula is C16H18ClN3O. The van der Waals surface area contributed by atoms with E-state index < -0.39 is 5.91 Å². The van der Waals surface area contributed by atoms with Gasteiger partial charge in [-0.2, -0.15) is 0 Å². The molecule has 2 rings (SSSR count). The molecular weight excluding hydrogens is 286 g/mol. The van der Waals surface area contributed by atoms with E-state index in [1.807, 2.05) is 24.3 Å². The van der Waals surface area contributed by atoms with Crippen molar-refractivity contribution in [2.45, 2.75) is 19.8 Å². The van der Waals surface area contributed by atoms with E-state index in [9.17, 15) is 4.79 Å². The molecule has 0 radical (unpaired) electrons. The van der Waals surface area contributed by atoms with Crippen LogP contribution in [0.1, 0.15) is 35.7 Å². The Morgan fingerprint density at radius 2 is 1.81 bits per heavy atom. The first kappa shape index (κ1) is 15.2. The molecule has 5 heteroatoms. The lowest BCUT2D eigenvalue weighted by molar-refractivity contribution is 0.100. The van der Waals surface area contributed by atoms with Crippen LogP contribution in [0.4, 0.5) is 17.1 Å². The predicted molar refractivity (Wildman–Crippen MR) is 88.2 cm³/mol. The molecule has 4 nitrogen and oxygen atoms in total. The number of carbonyl (C=O) groups is 1. The molecule has 0 fully saturated rings. The van der Waals surface area contributed by atoms with Crippen molar-refractivity contribution in [3.05, 3.63) is 52.5 Å². The van der Waals surface area contributed by atoms with Gasteiger partial charge in [0.2, 0.25) is 0 Å². The highest BCUT2D eigenvalue weighted by Gasteiger charge is 2.13. The minimum Gasteiger partial charge on any atom is -0.399 e. The van der Waals surface area contributed by atoms with Gasteiger partial charge in [0.05, 0.1) is 16.3 Å². The molecule has 2 aromatic rings. The second-order valence-electron chi connectivity index (χ2n) is 5.19. The SMILES string of the molecule is CC(C)c1ccc(Nc2c(Cl)cc(N)cc2C(N)=O)cc1. The number of carbonyl (C=O) groups excluding carboxylic acids is 1. The van der Waals surface area contributed by atoms with Crippen molar-refractivity contribution in [2.75, 3.05) is 11.1 Å². The van der Waals surface area contributed by atoms with Gasteiger partial charge in [-0.05, 0) is 35.7 Å². The van der Waals surface area contributed by atoms with Gasteiger partial charge in [0.1, 0.15) is 0 Å². The molecule has 0 saturated carbocycles. The Labute approximate surface area is 129 Å². The monoisotopic (exact) mass is 303 g/mol. The summed E-state index contributed by atoms with van der Waals surface area (Å²) in [7, 11) is 0. The molecule has 0 bridgehead atoms. The third kappa shape index (κ3) is 3.47. The number of benzene rings is 2. The Morgan fingerprint density at radius 3 is 2.33 bits per heavy atom. The minimum atomic E-state index is -0.578. The number of nitrogens with one attached hydrogen (secondary N) is 1. The molecule has 110 valence electrons. The summed E-state index contributed by atoms with van der Waals surface area (Å²) in [5.41, 5.74) is 14.3. The second-order valence-corrected chi connectivity index (χ2v) is 5.60. The lowest BCUT2D eigenvalue weighted by Gasteiger charge is -2.14. The van der Waals surface area contributed by atoms with Gasteiger partial charge in [-0.1, -0.05) is 37.6 Å². The Hall–Kier alpha value is -2.20. The van der Waals surface area contributed by atoms with Crippen LogP contribution in [-0.4, -0.2) is 5.91 Å². The highest BCUT2D eigenvalue weighted by molar-refractivity contribution is 6.34. The van der Waals surface area contributed by atoms with Gasteiger partial charge in [0.25, 0.3) is 5.91 Å². The number of anilines is 3. The zero-order chi connectivity index (χ0) is 15.6. The van der Waals surface area contributed by atoms with Crippen LogP contribution in [0.5, 0.6) is 0 Å². The van der Waals surface area contributed by atoms with Crippen LogP contribution in [0.25, 0.3) is 0 Å². The summed E-state index contributed by atoms with van der Waals surface area (Å²) in [5, 5.41) is 3.49. The number of halogens is 1. The molecule has 0 aromatic heterocycles. The van der Waals surface area contributed by atoms with Crippen LogP contribution in [0.3, 0.4) is 0 Å². The number of hydrogen-bond acceptors (Lipinski definition) is 3. The predicted octanol–water partition coefficient (Wildman–Crippen LogP) is 3.89. The zero-order valence-electron chi connectivity index (χ0n) is 12.0. The third-order valence-corrected chi connectivity index (χ3v) is 3.52. The fraction of sp³-hybridized carbons (Fsp3) is 0.188. The van der Waals surface area contributed by atoms with Crippen molar-refractivity contribution in [1.82, 2.24) is 0 Å². The molecule has 0 aliphatic rings. The maximum atomic E-state index is 11.5. The number of rotatable bonds is 4. The summed E-state index contributed by atoms with van der Waals surface area (Å²) in [6.07, 6.45) is 0. The van der Waals surface area contributed by atoms with E-state index in [4.69, 9.17) is 23.1 Å². The number of hydrogen-bond donors (Lipinski definition) is 3. The first-order valence-corrected chi connectivity index (χ1v) is 7.02. The molecule has 0 atom stereocenters. The van der Waals surface area contributed by atoms with Gasteiger partial charge in [-0.15, -0.1) is 0 Å². The Balaban J connectivity index is 2.37. The highest BCUT2D eigenvalue weighted by Crippen LogP contribution is 2.32. The molecule has 0 saturated heterocycles. The first-order valence-electron chi connectivity index (χ1n) is 6.64. The zero-order valence-corrected chi connectivity index (χ0v) is 12.7. The summed E-state index contributed by atoms with van der Waals surface area (Å²) >= 11 is 6.16. The number of primary amides is 1. The molecule has 0 spiro atoms. The lowest BCUT2D eigenvalue weighted by atomic mass is 10.0. The summed E-state index contributed by atoms with van der Waals surface area (Å²) in [4.78, 5) is 11.5. The normalized spacial score (nSPS) is 10.7. The van der Waals surface area contributed by atoms with Crippen LogP contribution in [-0.2, 0) is 0 Å². The number of amides is 1. The number of nitrogen functional groups attached to an aromatic ring is 1. The average molecular weight is 304 g/mol. The molecule has 21 heavy (non-hydrogen) atoms. The standard InChI is InChI=1S/C16H18ClN3O/c1-9(2)10-3-5-12(6-4-10)20-15-13(16(19)21)7-11(18)8-14(15)17/h3-9,20H,18H2,1-2H3,(H2,19,21). The molecule has 0 heterocycles. The molecule has 0 aliphatic heterocycles. The molecule has 0 unspecified atom stereocenters. The van der Waals surface area contributed by atoms with E-state index in [0.717, 1.165) is 5.69 Å². The van der Waals surface area contributed by atoms with Crippen LogP contribution in [0, 0.1) is 0 Å². The minimum absolute atomic E-state index is 0.271. The van der Waals surface area contributed by atoms with Crippen molar-refractivity contribution in [2.24, 2.45) is 5.73 Å². The molecule has 0 aliphatic carbocycles. The van der Waals surface area contributed by atoms with Gasteiger partial charge >= 0.3 is 0 Å². The van der Waals surface area contributed by atoms with Gasteiger partial charge in [-0.3, -0.25) is 4.79 Å². The van der Waals surface area contributed by atoms with Crippen molar-refractivity contribution in [3.63, 3.8) is 0 Å². The summed E-state index contributed by atoms with van der Waals surface area (Å²) < 4.78 is 0. The Morgan fingerprint density at radius 1 is 1.19 bits per heavy atom. The molecule has 2 aromatic carbocycles. The maximum Gasteiger partial charge on any atom is 0.250 e. The number of nitrogens with two attached hydrogens (primary N) is 2. The quantitative estimate of drug-likeness (QED) is 0.749. The van der Waals surface area contributed by atoms with Crippen molar-refractivity contribution >= 4 is 34.6 Å². The first-order chi connectivity index (χ1) is 9.88. The van der Waals surface area contributed by atoms with E-state index in [-0.39, 0.29) is 5.56 Å². The van der Waals surface area contributed by atoms with Crippen molar-refractivity contribution in [1.29, 1.82) is 0 Å². The summed E-state index contributed by atoms with van der Waals surface area (Å²) in [5.74, 6) is -0.120. The summed E-state index contributed by atoms with van der Waals surface area (Å²) in [6, 6.07) is 11.0. The van der Waals surface area contributed by atoms with E-state index in [2.05, 4.69) is 19.2 Å². The van der Waals surface area contributed by atoms with E-state index in [1.165, 1.54) is 11.6 Å². The topological polar surface area (TPSA) is 81.1 Å². The van der Waals surface area contributed by atoms with Gasteiger partial charge in [0.15, 0.2) is 0 Å². The second kappa shape index (κ2) is 6.06. The van der Waals surface area contributed by atoms with Gasteiger partial charge < -0.3 is 16.8 Å². The Bertz CT molecular complexity index is 666. The Kier molecular flexibility index (Phi) is 4.38. The molecule has 1 amide bonds. The van der Waals surface area contributed by atoms with Crippen LogP contribution < -0.4 is 16.8 Å². The molecule has 5 N–H and O–H groups in total. The van der Waals surface area contributed by atoms with E-state index in [0.29, 0.717) is 22.3 Å². The van der Waals surface area contributed by atoms with Crippen LogP contribution in [0.15, 0.2) is 36.4 Å². The van der Waals surface area contributed by atoms with Gasteiger partial charge in [0, 0.05) is 11.4 Å². The van der Waals surface area contributed by atoms with Crippen LogP contribution in [0.2, 0.25) is 5.02 Å². The largest absolute Gasteiger partial charge is 0.399 e. The van der Waals surface area contributed by atoms with Crippen molar-refractivity contribution in [3.8, 4) is 0 Å².